The first kappa shape index (κ1) is 16.6. The zero-order valence-electron chi connectivity index (χ0n) is 14.9. The Hall–Kier alpha value is -3.55. The summed E-state index contributed by atoms with van der Waals surface area (Å²) in [7, 11) is 0. The molecule has 8 heteroatoms. The minimum atomic E-state index is -0.858. The lowest BCUT2D eigenvalue weighted by Crippen LogP contribution is -2.37. The van der Waals surface area contributed by atoms with E-state index in [2.05, 4.69) is 20.8 Å². The molecule has 1 fully saturated rings. The molecule has 0 spiro atoms. The summed E-state index contributed by atoms with van der Waals surface area (Å²) >= 11 is 0. The molecule has 28 heavy (non-hydrogen) atoms. The molecule has 140 valence electrons. The van der Waals surface area contributed by atoms with Crippen molar-refractivity contribution in [2.45, 2.75) is 31.4 Å². The van der Waals surface area contributed by atoms with Crippen LogP contribution in [0.4, 0.5) is 5.69 Å². The Morgan fingerprint density at radius 2 is 2.00 bits per heavy atom. The first-order chi connectivity index (χ1) is 13.7. The number of nitrogens with one attached hydrogen (secondary N) is 1. The summed E-state index contributed by atoms with van der Waals surface area (Å²) in [5.41, 5.74) is 2.75. The van der Waals surface area contributed by atoms with E-state index in [1.165, 1.54) is 0 Å². The van der Waals surface area contributed by atoms with Gasteiger partial charge in [-0.3, -0.25) is 4.79 Å². The number of hydrogen-bond acceptors (Lipinski definition) is 6. The average Bonchev–Trinajstić information content (AvgIpc) is 3.44. The van der Waals surface area contributed by atoms with Gasteiger partial charge in [0.2, 0.25) is 0 Å². The van der Waals surface area contributed by atoms with Crippen molar-refractivity contribution < 1.29 is 14.3 Å². The summed E-state index contributed by atoms with van der Waals surface area (Å²) in [6, 6.07) is 14.9. The van der Waals surface area contributed by atoms with E-state index in [-0.39, 0.29) is 5.91 Å². The summed E-state index contributed by atoms with van der Waals surface area (Å²) in [4.78, 5) is 24.8. The molecule has 2 aromatic carbocycles. The number of aromatic nitrogens is 4. The molecule has 1 amide bonds. The molecule has 1 aliphatic carbocycles. The van der Waals surface area contributed by atoms with E-state index in [9.17, 15) is 9.59 Å². The number of benzene rings is 2. The van der Waals surface area contributed by atoms with Crippen molar-refractivity contribution in [2.75, 3.05) is 5.32 Å². The van der Waals surface area contributed by atoms with Crippen molar-refractivity contribution in [1.82, 2.24) is 20.2 Å². The number of fused-ring (bicyclic) bond motifs is 1. The van der Waals surface area contributed by atoms with Gasteiger partial charge in [-0.05, 0) is 47.0 Å². The Morgan fingerprint density at radius 1 is 1.14 bits per heavy atom. The van der Waals surface area contributed by atoms with Gasteiger partial charge in [-0.2, -0.15) is 0 Å². The van der Waals surface area contributed by atoms with Crippen LogP contribution in [-0.2, 0) is 16.0 Å². The highest BCUT2D eigenvalue weighted by Crippen LogP contribution is 2.36. The number of tetrazole rings is 1. The summed E-state index contributed by atoms with van der Waals surface area (Å²) in [6.45, 7) is 0. The van der Waals surface area contributed by atoms with Crippen molar-refractivity contribution in [2.24, 2.45) is 0 Å². The second-order valence-electron chi connectivity index (χ2n) is 7.00. The largest absolute Gasteiger partial charge is 0.448 e. The van der Waals surface area contributed by atoms with Gasteiger partial charge in [0.05, 0.1) is 11.6 Å². The van der Waals surface area contributed by atoms with Crippen LogP contribution in [0.15, 0.2) is 48.5 Å². The van der Waals surface area contributed by atoms with E-state index in [4.69, 9.17) is 4.74 Å². The minimum absolute atomic E-state index is 0.352. The monoisotopic (exact) mass is 375 g/mol. The van der Waals surface area contributed by atoms with Gasteiger partial charge >= 0.3 is 5.97 Å². The lowest BCUT2D eigenvalue weighted by Gasteiger charge is -2.23. The first-order valence-electron chi connectivity index (χ1n) is 9.17. The molecule has 5 rings (SSSR count). The summed E-state index contributed by atoms with van der Waals surface area (Å²) in [6.07, 6.45) is 1.64. The first-order valence-corrected chi connectivity index (χ1v) is 9.17. The van der Waals surface area contributed by atoms with Gasteiger partial charge in [0.1, 0.15) is 0 Å². The normalized spacial score (nSPS) is 18.3. The number of amides is 1. The number of hydrogen-bond donors (Lipinski definition) is 1. The molecule has 1 aliphatic heterocycles. The molecule has 1 N–H and O–H groups in total. The van der Waals surface area contributed by atoms with Crippen molar-refractivity contribution in [1.29, 1.82) is 0 Å². The van der Waals surface area contributed by atoms with Crippen LogP contribution in [0.3, 0.4) is 0 Å². The molecule has 1 unspecified atom stereocenters. The third kappa shape index (κ3) is 3.02. The van der Waals surface area contributed by atoms with Crippen molar-refractivity contribution in [3.05, 3.63) is 59.7 Å². The number of nitrogens with zero attached hydrogens (tertiary/aromatic N) is 4. The van der Waals surface area contributed by atoms with E-state index in [0.29, 0.717) is 29.5 Å². The Balaban J connectivity index is 1.35. The fraction of sp³-hybridized carbons (Fsp3) is 0.250. The maximum absolute atomic E-state index is 12.7. The Labute approximate surface area is 160 Å². The van der Waals surface area contributed by atoms with Gasteiger partial charge in [0.15, 0.2) is 11.9 Å². The Morgan fingerprint density at radius 3 is 2.86 bits per heavy atom. The summed E-state index contributed by atoms with van der Waals surface area (Å²) in [5.74, 6) is -0.155. The predicted molar refractivity (Wildman–Crippen MR) is 99.5 cm³/mol. The highest BCUT2D eigenvalue weighted by molar-refractivity contribution is 6.00. The number of carbonyl (C=O) groups excluding carboxylic acids is 2. The van der Waals surface area contributed by atoms with Crippen LogP contribution in [0.5, 0.6) is 0 Å². The topological polar surface area (TPSA) is 99.0 Å². The van der Waals surface area contributed by atoms with Crippen molar-refractivity contribution in [3.63, 3.8) is 0 Å². The SMILES string of the molecule is O=C1OC(C(=O)Nc2cccc(-c3nnnn3C3CC3)c2)Cc2ccccc21. The van der Waals surface area contributed by atoms with Gasteiger partial charge in [-0.25, -0.2) is 9.48 Å². The molecule has 3 aromatic rings. The molecule has 0 saturated heterocycles. The number of anilines is 1. The highest BCUT2D eigenvalue weighted by Gasteiger charge is 2.31. The fourth-order valence-electron chi connectivity index (χ4n) is 3.39. The van der Waals surface area contributed by atoms with E-state index < -0.39 is 12.1 Å². The standard InChI is InChI=1S/C20H17N5O3/c26-19(17-11-12-4-1-2-7-16(12)20(27)28-17)21-14-6-3-5-13(10-14)18-22-23-24-25(18)15-8-9-15/h1-7,10,15,17H,8-9,11H2,(H,21,26). The zero-order valence-corrected chi connectivity index (χ0v) is 14.9. The maximum Gasteiger partial charge on any atom is 0.339 e. The third-order valence-electron chi connectivity index (χ3n) is 4.96. The molecule has 0 radical (unpaired) electrons. The van der Waals surface area contributed by atoms with Gasteiger partial charge < -0.3 is 10.1 Å². The van der Waals surface area contributed by atoms with E-state index in [1.54, 1.807) is 18.2 Å². The molecular formula is C20H17N5O3. The Bertz CT molecular complexity index is 1070. The zero-order chi connectivity index (χ0) is 19.1. The average molecular weight is 375 g/mol. The molecule has 0 bridgehead atoms. The van der Waals surface area contributed by atoms with Gasteiger partial charge in [-0.15, -0.1) is 5.10 Å². The maximum atomic E-state index is 12.7. The highest BCUT2D eigenvalue weighted by atomic mass is 16.5. The fourth-order valence-corrected chi connectivity index (χ4v) is 3.39. The molecule has 2 aliphatic rings. The third-order valence-corrected chi connectivity index (χ3v) is 4.96. The van der Waals surface area contributed by atoms with Crippen LogP contribution in [0.2, 0.25) is 0 Å². The molecule has 8 nitrogen and oxygen atoms in total. The van der Waals surface area contributed by atoms with E-state index in [0.717, 1.165) is 24.0 Å². The summed E-state index contributed by atoms with van der Waals surface area (Å²) < 4.78 is 7.14. The van der Waals surface area contributed by atoms with Crippen LogP contribution < -0.4 is 5.32 Å². The molecule has 1 aromatic heterocycles. The number of esters is 1. The van der Waals surface area contributed by atoms with Crippen molar-refractivity contribution >= 4 is 17.6 Å². The second-order valence-corrected chi connectivity index (χ2v) is 7.00. The molecule has 2 heterocycles. The van der Waals surface area contributed by atoms with Crippen LogP contribution in [0.25, 0.3) is 11.4 Å². The number of carbonyl (C=O) groups is 2. The van der Waals surface area contributed by atoms with Crippen LogP contribution >= 0.6 is 0 Å². The molecule has 1 atom stereocenters. The summed E-state index contributed by atoms with van der Waals surface area (Å²) in [5, 5.41) is 14.8. The minimum Gasteiger partial charge on any atom is -0.448 e. The lowest BCUT2D eigenvalue weighted by atomic mass is 9.98. The van der Waals surface area contributed by atoms with Crippen LogP contribution in [0.1, 0.15) is 34.8 Å². The number of ether oxygens (including phenoxy) is 1. The van der Waals surface area contributed by atoms with Crippen LogP contribution in [0, 0.1) is 0 Å². The molecular weight excluding hydrogens is 358 g/mol. The van der Waals surface area contributed by atoms with Gasteiger partial charge in [0, 0.05) is 17.7 Å². The van der Waals surface area contributed by atoms with E-state index >= 15 is 0 Å². The Kier molecular flexibility index (Phi) is 3.89. The van der Waals surface area contributed by atoms with Gasteiger partial charge in [-0.1, -0.05) is 30.3 Å². The van der Waals surface area contributed by atoms with Gasteiger partial charge in [0.25, 0.3) is 5.91 Å². The van der Waals surface area contributed by atoms with Crippen molar-refractivity contribution in [3.8, 4) is 11.4 Å². The quantitative estimate of drug-likeness (QED) is 0.703. The van der Waals surface area contributed by atoms with Crippen LogP contribution in [-0.4, -0.2) is 38.2 Å². The number of rotatable bonds is 4. The lowest BCUT2D eigenvalue weighted by molar-refractivity contribution is -0.125. The smallest absolute Gasteiger partial charge is 0.339 e. The predicted octanol–water partition coefficient (Wildman–Crippen LogP) is 2.40. The van der Waals surface area contributed by atoms with E-state index in [1.807, 2.05) is 35.0 Å². The number of cyclic esters (lactones) is 1. The molecule has 1 saturated carbocycles. The second kappa shape index (κ2) is 6.56.